The topological polar surface area (TPSA) is 79.4 Å². The van der Waals surface area contributed by atoms with E-state index >= 15 is 0 Å². The van der Waals surface area contributed by atoms with E-state index in [1.807, 2.05) is 17.5 Å². The molecule has 2 atom stereocenters. The van der Waals surface area contributed by atoms with Crippen LogP contribution in [0.4, 0.5) is 9.93 Å². The smallest absolute Gasteiger partial charge is 0.324 e. The van der Waals surface area contributed by atoms with Crippen molar-refractivity contribution in [3.63, 3.8) is 0 Å². The molecule has 0 spiro atoms. The molecule has 132 valence electrons. The summed E-state index contributed by atoms with van der Waals surface area (Å²) in [4.78, 5) is 18.3. The maximum atomic E-state index is 12.3. The number of hydrogen-bond acceptors (Lipinski definition) is 5. The van der Waals surface area contributed by atoms with Crippen LogP contribution in [0.1, 0.15) is 25.3 Å². The number of rotatable bonds is 3. The molecule has 2 saturated heterocycles. The van der Waals surface area contributed by atoms with Crippen LogP contribution in [0.2, 0.25) is 0 Å². The summed E-state index contributed by atoms with van der Waals surface area (Å²) in [5.41, 5.74) is 3.05. The summed E-state index contributed by atoms with van der Waals surface area (Å²) in [5.74, 6) is 0.470. The van der Waals surface area contributed by atoms with Gasteiger partial charge in [0.15, 0.2) is 15.0 Å². The van der Waals surface area contributed by atoms with E-state index in [0.717, 1.165) is 11.3 Å². The number of fused-ring (bicyclic) bond motifs is 1. The molecule has 0 aliphatic carbocycles. The Balaban J connectivity index is 1.62. The summed E-state index contributed by atoms with van der Waals surface area (Å²) in [6, 6.07) is 7.26. The largest absolute Gasteiger partial charge is 0.332 e. The normalized spacial score (nSPS) is 24.6. The third-order valence-electron chi connectivity index (χ3n) is 4.75. The van der Waals surface area contributed by atoms with Crippen LogP contribution in [0.3, 0.4) is 0 Å². The van der Waals surface area contributed by atoms with Crippen LogP contribution in [0, 0.1) is 0 Å². The monoisotopic (exact) mass is 377 g/mol. The van der Waals surface area contributed by atoms with Gasteiger partial charge in [0, 0.05) is 10.9 Å². The first kappa shape index (κ1) is 16.5. The Bertz CT molecular complexity index is 919. The predicted molar refractivity (Wildman–Crippen MR) is 98.9 cm³/mol. The highest BCUT2D eigenvalue weighted by Gasteiger charge is 2.50. The van der Waals surface area contributed by atoms with Gasteiger partial charge >= 0.3 is 6.03 Å². The van der Waals surface area contributed by atoms with Crippen LogP contribution >= 0.6 is 11.3 Å². The van der Waals surface area contributed by atoms with Crippen LogP contribution in [0.5, 0.6) is 0 Å². The number of aromatic nitrogens is 1. The number of amides is 2. The Kier molecular flexibility index (Phi) is 3.84. The first-order valence-corrected chi connectivity index (χ1v) is 10.9. The lowest BCUT2D eigenvalue weighted by molar-refractivity contribution is 0.251. The minimum absolute atomic E-state index is 0.00555. The van der Waals surface area contributed by atoms with Gasteiger partial charge in [-0.1, -0.05) is 38.1 Å². The van der Waals surface area contributed by atoms with E-state index < -0.39 is 9.84 Å². The van der Waals surface area contributed by atoms with Crippen molar-refractivity contribution in [2.24, 2.45) is 0 Å². The number of thiazole rings is 1. The third kappa shape index (κ3) is 2.93. The average Bonchev–Trinajstić information content (AvgIpc) is 3.19. The fourth-order valence-electron chi connectivity index (χ4n) is 3.38. The lowest BCUT2D eigenvalue weighted by Crippen LogP contribution is -2.36. The fraction of sp³-hybridized carbons (Fsp3) is 0.412. The quantitative estimate of drug-likeness (QED) is 0.834. The van der Waals surface area contributed by atoms with Crippen LogP contribution in [0.25, 0.3) is 11.3 Å². The van der Waals surface area contributed by atoms with Crippen LogP contribution in [-0.2, 0) is 9.84 Å². The maximum Gasteiger partial charge on any atom is 0.324 e. The number of anilines is 1. The van der Waals surface area contributed by atoms with Gasteiger partial charge < -0.3 is 5.32 Å². The van der Waals surface area contributed by atoms with E-state index in [-0.39, 0.29) is 29.6 Å². The van der Waals surface area contributed by atoms with Gasteiger partial charge in [-0.15, -0.1) is 11.3 Å². The summed E-state index contributed by atoms with van der Waals surface area (Å²) in [6.45, 7) is 4.29. The summed E-state index contributed by atoms with van der Waals surface area (Å²) >= 11 is 1.36. The van der Waals surface area contributed by atoms with Gasteiger partial charge in [0.2, 0.25) is 0 Å². The van der Waals surface area contributed by atoms with Crippen molar-refractivity contribution in [1.82, 2.24) is 10.3 Å². The fourth-order valence-corrected chi connectivity index (χ4v) is 6.15. The number of carbonyl (C=O) groups excluding carboxylic acids is 1. The van der Waals surface area contributed by atoms with Crippen LogP contribution < -0.4 is 10.2 Å². The van der Waals surface area contributed by atoms with Crippen molar-refractivity contribution >= 4 is 32.3 Å². The number of sulfone groups is 1. The lowest BCUT2D eigenvalue weighted by Gasteiger charge is -2.17. The van der Waals surface area contributed by atoms with Gasteiger partial charge in [-0.25, -0.2) is 18.2 Å². The first-order chi connectivity index (χ1) is 11.8. The van der Waals surface area contributed by atoms with Gasteiger partial charge in [0.05, 0.1) is 29.3 Å². The molecule has 1 aromatic heterocycles. The molecule has 0 bridgehead atoms. The second-order valence-corrected chi connectivity index (χ2v) is 9.85. The van der Waals surface area contributed by atoms with Crippen molar-refractivity contribution in [2.45, 2.75) is 31.8 Å². The highest BCUT2D eigenvalue weighted by molar-refractivity contribution is 7.91. The second-order valence-electron chi connectivity index (χ2n) is 6.86. The summed E-state index contributed by atoms with van der Waals surface area (Å²) in [6.07, 6.45) is 0. The molecule has 0 radical (unpaired) electrons. The Morgan fingerprint density at radius 3 is 2.64 bits per heavy atom. The lowest BCUT2D eigenvalue weighted by atomic mass is 10.0. The Morgan fingerprint density at radius 2 is 1.96 bits per heavy atom. The van der Waals surface area contributed by atoms with Crippen molar-refractivity contribution in [3.05, 3.63) is 35.2 Å². The number of nitrogens with zero attached hydrogens (tertiary/aromatic N) is 2. The van der Waals surface area contributed by atoms with Gasteiger partial charge in [-0.3, -0.25) is 4.90 Å². The number of carbonyl (C=O) groups is 1. The van der Waals surface area contributed by atoms with Gasteiger partial charge in [-0.05, 0) is 11.5 Å². The number of urea groups is 1. The number of benzene rings is 1. The van der Waals surface area contributed by atoms with E-state index in [1.165, 1.54) is 21.8 Å². The van der Waals surface area contributed by atoms with Crippen molar-refractivity contribution in [3.8, 4) is 11.3 Å². The Hall–Kier alpha value is -1.93. The molecule has 2 amide bonds. The molecule has 2 aliphatic rings. The molecular weight excluding hydrogens is 358 g/mol. The zero-order valence-corrected chi connectivity index (χ0v) is 15.6. The SMILES string of the molecule is CC(C)c1ccc(-c2csc(N3C(=O)N[C@@H]4CS(=O)(=O)C[C@@H]43)n2)cc1. The highest BCUT2D eigenvalue weighted by atomic mass is 32.2. The highest BCUT2D eigenvalue weighted by Crippen LogP contribution is 2.34. The molecule has 4 rings (SSSR count). The van der Waals surface area contributed by atoms with Crippen molar-refractivity contribution in [2.75, 3.05) is 16.4 Å². The standard InChI is InChI=1S/C17H19N3O3S2/c1-10(2)11-3-5-12(6-4-11)13-7-24-17(19-13)20-15-9-25(22,23)8-14(15)18-16(20)21/h3-7,10,14-15H,8-9H2,1-2H3,(H,18,21)/t14-,15+/m1/s1. The Morgan fingerprint density at radius 1 is 1.24 bits per heavy atom. The molecule has 1 N–H and O–H groups in total. The Labute approximate surface area is 150 Å². The van der Waals surface area contributed by atoms with Crippen LogP contribution in [0.15, 0.2) is 29.6 Å². The second kappa shape index (κ2) is 5.81. The molecule has 2 aliphatic heterocycles. The molecule has 3 heterocycles. The summed E-state index contributed by atoms with van der Waals surface area (Å²) in [5, 5.41) is 5.22. The van der Waals surface area contributed by atoms with E-state index in [0.29, 0.717) is 11.0 Å². The maximum absolute atomic E-state index is 12.3. The predicted octanol–water partition coefficient (Wildman–Crippen LogP) is 2.63. The summed E-state index contributed by atoms with van der Waals surface area (Å²) in [7, 11) is -3.11. The molecule has 8 heteroatoms. The zero-order valence-electron chi connectivity index (χ0n) is 14.0. The van der Waals surface area contributed by atoms with Crippen LogP contribution in [-0.4, -0.2) is 43.0 Å². The third-order valence-corrected chi connectivity index (χ3v) is 7.31. The molecule has 0 saturated carbocycles. The van der Waals surface area contributed by atoms with E-state index in [2.05, 4.69) is 36.3 Å². The molecular formula is C17H19N3O3S2. The molecule has 1 aromatic carbocycles. The van der Waals surface area contributed by atoms with E-state index in [4.69, 9.17) is 0 Å². The van der Waals surface area contributed by atoms with Crippen molar-refractivity contribution in [1.29, 1.82) is 0 Å². The van der Waals surface area contributed by atoms with Crippen molar-refractivity contribution < 1.29 is 13.2 Å². The minimum atomic E-state index is -3.11. The van der Waals surface area contributed by atoms with Gasteiger partial charge in [-0.2, -0.15) is 0 Å². The van der Waals surface area contributed by atoms with E-state index in [1.54, 1.807) is 0 Å². The molecule has 6 nitrogen and oxygen atoms in total. The minimum Gasteiger partial charge on any atom is -0.332 e. The molecule has 2 aromatic rings. The molecule has 2 fully saturated rings. The van der Waals surface area contributed by atoms with Gasteiger partial charge in [0.1, 0.15) is 0 Å². The zero-order chi connectivity index (χ0) is 17.8. The summed E-state index contributed by atoms with van der Waals surface area (Å²) < 4.78 is 23.7. The average molecular weight is 377 g/mol. The first-order valence-electron chi connectivity index (χ1n) is 8.20. The molecule has 0 unspecified atom stereocenters. The number of nitrogens with one attached hydrogen (secondary N) is 1. The van der Waals surface area contributed by atoms with E-state index in [9.17, 15) is 13.2 Å². The number of hydrogen-bond donors (Lipinski definition) is 1. The molecule has 25 heavy (non-hydrogen) atoms. The van der Waals surface area contributed by atoms with Gasteiger partial charge in [0.25, 0.3) is 0 Å².